The molecular weight excluding hydrogens is 262 g/mol. The lowest BCUT2D eigenvalue weighted by Gasteiger charge is -2.51. The van der Waals surface area contributed by atoms with Crippen LogP contribution in [0.15, 0.2) is 18.3 Å². The molecule has 0 aromatic carbocycles. The monoisotopic (exact) mass is 285 g/mol. The van der Waals surface area contributed by atoms with Crippen molar-refractivity contribution >= 4 is 5.91 Å². The summed E-state index contributed by atoms with van der Waals surface area (Å²) in [6, 6.07) is 3.82. The van der Waals surface area contributed by atoms with Crippen LogP contribution in [0.25, 0.3) is 0 Å². The fourth-order valence-corrected chi connectivity index (χ4v) is 3.75. The second-order valence-corrected chi connectivity index (χ2v) is 7.03. The van der Waals surface area contributed by atoms with Gasteiger partial charge in [-0.25, -0.2) is 0 Å². The Morgan fingerprint density at radius 3 is 2.76 bits per heavy atom. The Kier molecular flexibility index (Phi) is 3.03. The van der Waals surface area contributed by atoms with Crippen LogP contribution in [-0.2, 0) is 0 Å². The standard InChI is InChI=1S/C17H23N3O/c1-13-2-5-15(10-18-13)16(21)19-8-6-17(12-19)7-9-20(17)11-14-3-4-14/h2,5,10,14H,3-4,6-9,11-12H2,1H3/t17-/m0/s1. The number of nitrogens with zero attached hydrogens (tertiary/aromatic N) is 3. The Labute approximate surface area is 126 Å². The summed E-state index contributed by atoms with van der Waals surface area (Å²) in [5, 5.41) is 0. The lowest BCUT2D eigenvalue weighted by Crippen LogP contribution is -2.61. The molecule has 1 aliphatic carbocycles. The number of aromatic nitrogens is 1. The van der Waals surface area contributed by atoms with Crippen molar-refractivity contribution in [1.82, 2.24) is 14.8 Å². The largest absolute Gasteiger partial charge is 0.337 e. The van der Waals surface area contributed by atoms with E-state index in [4.69, 9.17) is 0 Å². The predicted octanol–water partition coefficient (Wildman–Crippen LogP) is 2.09. The van der Waals surface area contributed by atoms with Crippen molar-refractivity contribution in [3.05, 3.63) is 29.6 Å². The third-order valence-corrected chi connectivity index (χ3v) is 5.47. The Morgan fingerprint density at radius 1 is 1.33 bits per heavy atom. The lowest BCUT2D eigenvalue weighted by atomic mass is 9.83. The topological polar surface area (TPSA) is 36.4 Å². The maximum absolute atomic E-state index is 12.6. The van der Waals surface area contributed by atoms with Crippen LogP contribution >= 0.6 is 0 Å². The number of aryl methyl sites for hydroxylation is 1. The van der Waals surface area contributed by atoms with Crippen molar-refractivity contribution < 1.29 is 4.79 Å². The van der Waals surface area contributed by atoms with E-state index >= 15 is 0 Å². The van der Waals surface area contributed by atoms with Gasteiger partial charge in [-0.05, 0) is 50.7 Å². The van der Waals surface area contributed by atoms with Crippen molar-refractivity contribution in [2.45, 2.75) is 38.1 Å². The number of rotatable bonds is 3. The first-order chi connectivity index (χ1) is 10.2. The summed E-state index contributed by atoms with van der Waals surface area (Å²) >= 11 is 0. The number of carbonyl (C=O) groups excluding carboxylic acids is 1. The number of hydrogen-bond donors (Lipinski definition) is 0. The van der Waals surface area contributed by atoms with Gasteiger partial charge in [0.25, 0.3) is 5.91 Å². The number of hydrogen-bond acceptors (Lipinski definition) is 3. The van der Waals surface area contributed by atoms with E-state index < -0.39 is 0 Å². The van der Waals surface area contributed by atoms with Crippen molar-refractivity contribution in [3.63, 3.8) is 0 Å². The molecule has 0 bridgehead atoms. The molecular formula is C17H23N3O. The van der Waals surface area contributed by atoms with E-state index in [9.17, 15) is 4.79 Å². The van der Waals surface area contributed by atoms with Gasteiger partial charge in [0.2, 0.25) is 0 Å². The predicted molar refractivity (Wildman–Crippen MR) is 81.1 cm³/mol. The Hall–Kier alpha value is -1.42. The minimum Gasteiger partial charge on any atom is -0.337 e. The molecule has 1 atom stereocenters. The zero-order chi connectivity index (χ0) is 14.4. The molecule has 1 saturated carbocycles. The summed E-state index contributed by atoms with van der Waals surface area (Å²) < 4.78 is 0. The maximum atomic E-state index is 12.6. The highest BCUT2D eigenvalue weighted by molar-refractivity contribution is 5.94. The SMILES string of the molecule is Cc1ccc(C(=O)N2CC[C@]3(CCN3CC3CC3)C2)cn1. The molecule has 1 aromatic rings. The van der Waals surface area contributed by atoms with E-state index in [1.807, 2.05) is 24.0 Å². The lowest BCUT2D eigenvalue weighted by molar-refractivity contribution is -0.00931. The van der Waals surface area contributed by atoms with Crippen LogP contribution < -0.4 is 0 Å². The molecule has 21 heavy (non-hydrogen) atoms. The molecule has 0 N–H and O–H groups in total. The normalized spacial score (nSPS) is 28.9. The van der Waals surface area contributed by atoms with Gasteiger partial charge in [-0.3, -0.25) is 14.7 Å². The second-order valence-electron chi connectivity index (χ2n) is 7.03. The highest BCUT2D eigenvalue weighted by atomic mass is 16.2. The van der Waals surface area contributed by atoms with Crippen molar-refractivity contribution in [2.24, 2.45) is 5.92 Å². The van der Waals surface area contributed by atoms with Crippen LogP contribution in [0.2, 0.25) is 0 Å². The molecule has 1 amide bonds. The maximum Gasteiger partial charge on any atom is 0.255 e. The van der Waals surface area contributed by atoms with Gasteiger partial charge >= 0.3 is 0 Å². The first-order valence-corrected chi connectivity index (χ1v) is 8.13. The number of pyridine rings is 1. The fourth-order valence-electron chi connectivity index (χ4n) is 3.75. The molecule has 2 aliphatic heterocycles. The molecule has 4 rings (SSSR count). The molecule has 4 heteroatoms. The van der Waals surface area contributed by atoms with E-state index in [-0.39, 0.29) is 5.91 Å². The van der Waals surface area contributed by atoms with Gasteiger partial charge in [-0.15, -0.1) is 0 Å². The summed E-state index contributed by atoms with van der Waals surface area (Å²) in [7, 11) is 0. The summed E-state index contributed by atoms with van der Waals surface area (Å²) in [4.78, 5) is 21.5. The number of likely N-dealkylation sites (tertiary alicyclic amines) is 2. The smallest absolute Gasteiger partial charge is 0.255 e. The van der Waals surface area contributed by atoms with Crippen molar-refractivity contribution in [3.8, 4) is 0 Å². The molecule has 3 fully saturated rings. The van der Waals surface area contributed by atoms with Crippen LogP contribution in [0.1, 0.15) is 41.7 Å². The molecule has 4 nitrogen and oxygen atoms in total. The Bertz CT molecular complexity index is 552. The molecule has 1 aromatic heterocycles. The van der Waals surface area contributed by atoms with E-state index in [1.54, 1.807) is 6.20 Å². The molecule has 2 saturated heterocycles. The molecule has 0 radical (unpaired) electrons. The third kappa shape index (κ3) is 2.35. The zero-order valence-electron chi connectivity index (χ0n) is 12.7. The van der Waals surface area contributed by atoms with E-state index in [2.05, 4.69) is 9.88 Å². The summed E-state index contributed by atoms with van der Waals surface area (Å²) in [6.07, 6.45) is 6.93. The number of amides is 1. The molecule has 3 heterocycles. The molecule has 0 unspecified atom stereocenters. The molecule has 1 spiro atoms. The van der Waals surface area contributed by atoms with Gasteiger partial charge in [-0.2, -0.15) is 0 Å². The average Bonchev–Trinajstić information content (AvgIpc) is 3.19. The van der Waals surface area contributed by atoms with E-state index in [0.717, 1.165) is 36.7 Å². The van der Waals surface area contributed by atoms with Crippen LogP contribution in [0.4, 0.5) is 0 Å². The average molecular weight is 285 g/mol. The summed E-state index contributed by atoms with van der Waals surface area (Å²) in [5.41, 5.74) is 1.99. The minimum atomic E-state index is 0.151. The second kappa shape index (κ2) is 4.80. The highest BCUT2D eigenvalue weighted by Crippen LogP contribution is 2.42. The van der Waals surface area contributed by atoms with Gasteiger partial charge in [0.1, 0.15) is 0 Å². The van der Waals surface area contributed by atoms with Crippen molar-refractivity contribution in [2.75, 3.05) is 26.2 Å². The first kappa shape index (κ1) is 13.3. The Balaban J connectivity index is 1.43. The molecule has 112 valence electrons. The van der Waals surface area contributed by atoms with Crippen LogP contribution in [0.5, 0.6) is 0 Å². The fraction of sp³-hybridized carbons (Fsp3) is 0.647. The van der Waals surface area contributed by atoms with Gasteiger partial charge < -0.3 is 4.90 Å². The molecule has 3 aliphatic rings. The van der Waals surface area contributed by atoms with Gasteiger partial charge in [0.15, 0.2) is 0 Å². The van der Waals surface area contributed by atoms with Crippen LogP contribution in [0.3, 0.4) is 0 Å². The van der Waals surface area contributed by atoms with Gasteiger partial charge in [0.05, 0.1) is 5.56 Å². The first-order valence-electron chi connectivity index (χ1n) is 8.13. The van der Waals surface area contributed by atoms with Crippen LogP contribution in [-0.4, -0.2) is 52.4 Å². The van der Waals surface area contributed by atoms with Gasteiger partial charge in [-0.1, -0.05) is 0 Å². The number of carbonyl (C=O) groups is 1. The highest BCUT2D eigenvalue weighted by Gasteiger charge is 2.51. The minimum absolute atomic E-state index is 0.151. The quantitative estimate of drug-likeness (QED) is 0.853. The van der Waals surface area contributed by atoms with Gasteiger partial charge in [0, 0.05) is 43.6 Å². The third-order valence-electron chi connectivity index (χ3n) is 5.47. The summed E-state index contributed by atoms with van der Waals surface area (Å²) in [5.74, 6) is 1.09. The van der Waals surface area contributed by atoms with E-state index in [1.165, 1.54) is 32.4 Å². The zero-order valence-corrected chi connectivity index (χ0v) is 12.7. The van der Waals surface area contributed by atoms with Crippen molar-refractivity contribution in [1.29, 1.82) is 0 Å². The summed E-state index contributed by atoms with van der Waals surface area (Å²) in [6.45, 7) is 6.24. The van der Waals surface area contributed by atoms with E-state index in [0.29, 0.717) is 5.54 Å². The van der Waals surface area contributed by atoms with Crippen LogP contribution in [0, 0.1) is 12.8 Å². The Morgan fingerprint density at radius 2 is 2.14 bits per heavy atom.